The number of pyridine rings is 2. The number of rotatable bonds is 8. The van der Waals surface area contributed by atoms with Gasteiger partial charge in [0.25, 0.3) is 0 Å². The Morgan fingerprint density at radius 3 is 2.76 bits per heavy atom. The second kappa shape index (κ2) is 9.61. The van der Waals surface area contributed by atoms with Crippen molar-refractivity contribution in [3.05, 3.63) is 46.0 Å². The number of carboxylic acid groups (broad SMARTS) is 1. The number of hydrogen-bond acceptors (Lipinski definition) is 10. The maximum Gasteiger partial charge on any atom is 0.341 e. The van der Waals surface area contributed by atoms with Crippen molar-refractivity contribution in [3.63, 3.8) is 0 Å². The average Bonchev–Trinajstić information content (AvgIpc) is 3.46. The molecule has 0 bridgehead atoms. The Morgan fingerprint density at radius 1 is 1.30 bits per heavy atom. The third kappa shape index (κ3) is 4.50. The van der Waals surface area contributed by atoms with E-state index in [0.29, 0.717) is 47.9 Å². The first-order valence-electron chi connectivity index (χ1n) is 11.6. The fourth-order valence-corrected chi connectivity index (χ4v) is 4.63. The molecule has 1 amide bonds. The van der Waals surface area contributed by atoms with Crippen molar-refractivity contribution in [3.8, 4) is 11.0 Å². The minimum absolute atomic E-state index is 0.161. The monoisotopic (exact) mass is 524 g/mol. The second-order valence-corrected chi connectivity index (χ2v) is 9.46. The molecule has 4 aromatic heterocycles. The molecule has 0 saturated carbocycles. The van der Waals surface area contributed by atoms with Gasteiger partial charge in [0.2, 0.25) is 22.3 Å². The van der Waals surface area contributed by atoms with Crippen molar-refractivity contribution < 1.29 is 19.4 Å². The highest BCUT2D eigenvalue weighted by atomic mass is 32.1. The van der Waals surface area contributed by atoms with Crippen LogP contribution in [-0.2, 0) is 11.8 Å². The van der Waals surface area contributed by atoms with E-state index in [4.69, 9.17) is 4.74 Å². The van der Waals surface area contributed by atoms with E-state index in [1.807, 2.05) is 11.8 Å². The van der Waals surface area contributed by atoms with E-state index in [9.17, 15) is 19.5 Å². The molecule has 0 unspecified atom stereocenters. The fraction of sp³-hybridized carbons (Fsp3) is 0.348. The molecule has 4 aromatic rings. The average molecular weight is 525 g/mol. The fourth-order valence-electron chi connectivity index (χ4n) is 4.12. The minimum Gasteiger partial charge on any atom is -0.478 e. The number of anilines is 2. The van der Waals surface area contributed by atoms with Gasteiger partial charge in [-0.3, -0.25) is 14.2 Å². The highest BCUT2D eigenvalue weighted by Gasteiger charge is 2.34. The number of carbonyl (C=O) groups excluding carboxylic acids is 1. The quantitative estimate of drug-likeness (QED) is 0.348. The van der Waals surface area contributed by atoms with Crippen molar-refractivity contribution in [1.82, 2.24) is 28.7 Å². The number of fused-ring (bicyclic) bond motifs is 1. The van der Waals surface area contributed by atoms with Gasteiger partial charge in [0.15, 0.2) is 11.5 Å². The third-order valence-electron chi connectivity index (χ3n) is 6.05. The number of carboxylic acids is 1. The molecule has 1 fully saturated rings. The molecule has 14 heteroatoms. The Labute approximate surface area is 214 Å². The van der Waals surface area contributed by atoms with E-state index in [2.05, 4.69) is 24.8 Å². The number of hydrogen-bond donors (Lipinski definition) is 2. The first-order chi connectivity index (χ1) is 17.8. The Balaban J connectivity index is 1.38. The highest BCUT2D eigenvalue weighted by Crippen LogP contribution is 2.29. The van der Waals surface area contributed by atoms with Crippen molar-refractivity contribution >= 4 is 46.1 Å². The smallest absolute Gasteiger partial charge is 0.341 e. The maximum atomic E-state index is 12.9. The Hall–Kier alpha value is -4.33. The lowest BCUT2D eigenvalue weighted by Crippen LogP contribution is -2.52. The summed E-state index contributed by atoms with van der Waals surface area (Å²) in [5, 5.41) is 17.2. The molecule has 13 nitrogen and oxygen atoms in total. The van der Waals surface area contributed by atoms with Gasteiger partial charge in [-0.15, -0.1) is 0 Å². The van der Waals surface area contributed by atoms with E-state index in [1.54, 1.807) is 30.8 Å². The van der Waals surface area contributed by atoms with Crippen LogP contribution in [0.3, 0.4) is 0 Å². The zero-order valence-electron chi connectivity index (χ0n) is 20.3. The van der Waals surface area contributed by atoms with Gasteiger partial charge in [0.05, 0.1) is 17.9 Å². The van der Waals surface area contributed by atoms with Crippen LogP contribution in [0.15, 0.2) is 29.5 Å². The predicted molar refractivity (Wildman–Crippen MR) is 136 cm³/mol. The number of amides is 1. The topological polar surface area (TPSA) is 157 Å². The molecular weight excluding hydrogens is 500 g/mol. The molecule has 2 N–H and O–H groups in total. The molecule has 1 aliphatic rings. The van der Waals surface area contributed by atoms with Crippen molar-refractivity contribution in [1.29, 1.82) is 0 Å². The summed E-state index contributed by atoms with van der Waals surface area (Å²) in [6.45, 7) is 5.15. The number of nitrogens with one attached hydrogen (secondary N) is 1. The van der Waals surface area contributed by atoms with E-state index in [-0.39, 0.29) is 28.4 Å². The molecule has 0 atom stereocenters. The largest absolute Gasteiger partial charge is 0.478 e. The summed E-state index contributed by atoms with van der Waals surface area (Å²) in [7, 11) is 1.75. The molecular formula is C23H24N8O5S. The summed E-state index contributed by atoms with van der Waals surface area (Å²) >= 11 is 1.05. The molecule has 1 aliphatic heterocycles. The molecule has 5 heterocycles. The number of aromatic carboxylic acids is 1. The van der Waals surface area contributed by atoms with Gasteiger partial charge in [-0.25, -0.2) is 19.4 Å². The summed E-state index contributed by atoms with van der Waals surface area (Å²) in [5.41, 5.74) is -0.132. The molecule has 192 valence electrons. The van der Waals surface area contributed by atoms with Crippen LogP contribution >= 0.6 is 11.5 Å². The SMILES string of the molecule is CCCOc1cc(NC(=O)C2CN(c3cc(C)c4c(=O)c(C(=O)O)cn(-c5ncns5)c4n3)C2)nn1C. The summed E-state index contributed by atoms with van der Waals surface area (Å²) in [4.78, 5) is 48.2. The van der Waals surface area contributed by atoms with E-state index >= 15 is 0 Å². The van der Waals surface area contributed by atoms with Crippen molar-refractivity contribution in [2.45, 2.75) is 20.3 Å². The lowest BCUT2D eigenvalue weighted by Gasteiger charge is -2.39. The summed E-state index contributed by atoms with van der Waals surface area (Å²) in [6.07, 6.45) is 3.44. The van der Waals surface area contributed by atoms with Gasteiger partial charge in [0.1, 0.15) is 17.7 Å². The van der Waals surface area contributed by atoms with Gasteiger partial charge in [-0.05, 0) is 25.0 Å². The van der Waals surface area contributed by atoms with Crippen molar-refractivity contribution in [2.75, 3.05) is 29.9 Å². The molecule has 5 rings (SSSR count). The molecule has 0 spiro atoms. The summed E-state index contributed by atoms with van der Waals surface area (Å²) in [5.74, 6) is -0.196. The van der Waals surface area contributed by atoms with Crippen LogP contribution in [0.4, 0.5) is 11.6 Å². The molecule has 1 saturated heterocycles. The number of aromatic nitrogens is 6. The highest BCUT2D eigenvalue weighted by molar-refractivity contribution is 7.08. The minimum atomic E-state index is -1.33. The summed E-state index contributed by atoms with van der Waals surface area (Å²) < 4.78 is 12.6. The van der Waals surface area contributed by atoms with Crippen molar-refractivity contribution in [2.24, 2.45) is 13.0 Å². The zero-order chi connectivity index (χ0) is 26.3. The van der Waals surface area contributed by atoms with E-state index < -0.39 is 11.4 Å². The van der Waals surface area contributed by atoms with E-state index in [0.717, 1.165) is 18.0 Å². The van der Waals surface area contributed by atoms with Crippen LogP contribution in [-0.4, -0.2) is 65.4 Å². The van der Waals surface area contributed by atoms with Gasteiger partial charge in [-0.1, -0.05) is 6.92 Å². The molecule has 0 aliphatic carbocycles. The molecule has 0 aromatic carbocycles. The number of ether oxygens (including phenoxy) is 1. The summed E-state index contributed by atoms with van der Waals surface area (Å²) in [6, 6.07) is 3.42. The number of nitrogens with zero attached hydrogens (tertiary/aromatic N) is 7. The molecule has 0 radical (unpaired) electrons. The predicted octanol–water partition coefficient (Wildman–Crippen LogP) is 1.84. The zero-order valence-corrected chi connectivity index (χ0v) is 21.2. The van der Waals surface area contributed by atoms with Gasteiger partial charge in [0, 0.05) is 43.9 Å². The normalized spacial score (nSPS) is 13.5. The standard InChI is InChI=1S/C23H24N8O5S/c1-4-5-36-17-7-15(28-29(17)3)26-21(33)13-8-30(9-13)16-6-12(2)18-19(32)14(22(34)35)10-31(20(18)27-16)23-24-11-25-37-23/h6-7,10-11,13H,4-5,8-9H2,1-3H3,(H,34,35)(H,26,28,33). The van der Waals surface area contributed by atoms with Crippen LogP contribution in [0.5, 0.6) is 5.88 Å². The maximum absolute atomic E-state index is 12.9. The van der Waals surface area contributed by atoms with Crippen LogP contribution in [0, 0.1) is 12.8 Å². The van der Waals surface area contributed by atoms with Crippen LogP contribution in [0.25, 0.3) is 16.2 Å². The third-order valence-corrected chi connectivity index (χ3v) is 6.71. The van der Waals surface area contributed by atoms with Gasteiger partial charge in [-0.2, -0.15) is 9.47 Å². The van der Waals surface area contributed by atoms with Crippen LogP contribution < -0.4 is 20.4 Å². The van der Waals surface area contributed by atoms with E-state index in [1.165, 1.54) is 17.1 Å². The number of carbonyl (C=O) groups is 2. The molecule has 37 heavy (non-hydrogen) atoms. The Bertz CT molecular complexity index is 1560. The van der Waals surface area contributed by atoms with Gasteiger partial charge < -0.3 is 20.1 Å². The lowest BCUT2D eigenvalue weighted by molar-refractivity contribution is -0.120. The first-order valence-corrected chi connectivity index (χ1v) is 12.3. The van der Waals surface area contributed by atoms with Crippen LogP contribution in [0.2, 0.25) is 0 Å². The Morgan fingerprint density at radius 2 is 2.08 bits per heavy atom. The lowest BCUT2D eigenvalue weighted by atomic mass is 9.98. The first kappa shape index (κ1) is 24.4. The van der Waals surface area contributed by atoms with Gasteiger partial charge >= 0.3 is 5.97 Å². The second-order valence-electron chi connectivity index (χ2n) is 8.70. The van der Waals surface area contributed by atoms with Crippen LogP contribution in [0.1, 0.15) is 29.3 Å². The Kier molecular flexibility index (Phi) is 6.33. The number of aryl methyl sites for hydroxylation is 2.